The van der Waals surface area contributed by atoms with Gasteiger partial charge >= 0.3 is 0 Å². The molecule has 23 heavy (non-hydrogen) atoms. The summed E-state index contributed by atoms with van der Waals surface area (Å²) in [6.07, 6.45) is -0.379. The van der Waals surface area contributed by atoms with Crippen molar-refractivity contribution < 1.29 is 21.9 Å². The first-order valence-electron chi connectivity index (χ1n) is 7.08. The maximum atomic E-state index is 14.1. The van der Waals surface area contributed by atoms with Crippen LogP contribution in [0.15, 0.2) is 17.0 Å². The molecule has 5 nitrogen and oxygen atoms in total. The van der Waals surface area contributed by atoms with Gasteiger partial charge in [-0.1, -0.05) is 20.8 Å². The molecule has 1 aromatic rings. The first-order valence-corrected chi connectivity index (χ1v) is 8.52. The molecule has 1 aliphatic heterocycles. The Morgan fingerprint density at radius 2 is 1.87 bits per heavy atom. The highest BCUT2D eigenvalue weighted by Crippen LogP contribution is 2.30. The minimum atomic E-state index is -4.35. The molecule has 0 unspecified atom stereocenters. The van der Waals surface area contributed by atoms with Crippen LogP contribution in [-0.2, 0) is 14.8 Å². The van der Waals surface area contributed by atoms with Gasteiger partial charge in [-0.25, -0.2) is 17.2 Å². The van der Waals surface area contributed by atoms with Crippen molar-refractivity contribution in [2.24, 2.45) is 5.41 Å². The Labute approximate surface area is 134 Å². The van der Waals surface area contributed by atoms with Crippen molar-refractivity contribution in [3.05, 3.63) is 29.3 Å². The fourth-order valence-electron chi connectivity index (χ4n) is 2.37. The minimum absolute atomic E-state index is 0.0186. The molecule has 1 heterocycles. The molecule has 0 radical (unpaired) electrons. The molecule has 0 N–H and O–H groups in total. The maximum absolute atomic E-state index is 14.1. The Kier molecular flexibility index (Phi) is 4.76. The van der Waals surface area contributed by atoms with Crippen LogP contribution in [0.1, 0.15) is 26.3 Å². The SMILES string of the molecule is CC(C)(C)[C@@H]1CN(S(=O)(=O)c2c(F)cc(C#N)cc2F)CCO1. The van der Waals surface area contributed by atoms with Crippen LogP contribution >= 0.6 is 0 Å². The highest BCUT2D eigenvalue weighted by molar-refractivity contribution is 7.89. The lowest BCUT2D eigenvalue weighted by molar-refractivity contribution is -0.0591. The highest BCUT2D eigenvalue weighted by Gasteiger charge is 2.38. The Bertz CT molecular complexity index is 728. The van der Waals surface area contributed by atoms with Crippen molar-refractivity contribution in [3.63, 3.8) is 0 Å². The molecule has 0 amide bonds. The van der Waals surface area contributed by atoms with E-state index in [2.05, 4.69) is 0 Å². The smallest absolute Gasteiger partial charge is 0.249 e. The summed E-state index contributed by atoms with van der Waals surface area (Å²) >= 11 is 0. The number of hydrogen-bond acceptors (Lipinski definition) is 4. The van der Waals surface area contributed by atoms with Crippen LogP contribution in [0.2, 0.25) is 0 Å². The number of morpholine rings is 1. The van der Waals surface area contributed by atoms with Gasteiger partial charge in [-0.05, 0) is 17.5 Å². The zero-order valence-corrected chi connectivity index (χ0v) is 14.0. The lowest BCUT2D eigenvalue weighted by Crippen LogP contribution is -2.50. The molecule has 0 aromatic heterocycles. The van der Waals surface area contributed by atoms with Crippen LogP contribution in [0.25, 0.3) is 0 Å². The number of halogens is 2. The number of nitriles is 1. The van der Waals surface area contributed by atoms with E-state index in [1.54, 1.807) is 6.07 Å². The number of sulfonamides is 1. The van der Waals surface area contributed by atoms with Gasteiger partial charge in [0, 0.05) is 13.1 Å². The summed E-state index contributed by atoms with van der Waals surface area (Å²) < 4.78 is 59.9. The van der Waals surface area contributed by atoms with E-state index in [9.17, 15) is 17.2 Å². The van der Waals surface area contributed by atoms with E-state index in [4.69, 9.17) is 10.00 Å². The van der Waals surface area contributed by atoms with Crippen LogP contribution in [0.5, 0.6) is 0 Å². The lowest BCUT2D eigenvalue weighted by Gasteiger charge is -2.38. The van der Waals surface area contributed by atoms with E-state index in [0.717, 1.165) is 16.4 Å². The molecule has 1 aliphatic rings. The van der Waals surface area contributed by atoms with Crippen LogP contribution < -0.4 is 0 Å². The second-order valence-corrected chi connectivity index (χ2v) is 8.34. The predicted molar refractivity (Wildman–Crippen MR) is 79.0 cm³/mol. The molecule has 1 fully saturated rings. The largest absolute Gasteiger partial charge is 0.375 e. The Morgan fingerprint density at radius 1 is 1.30 bits per heavy atom. The van der Waals surface area contributed by atoms with Crippen molar-refractivity contribution in [3.8, 4) is 6.07 Å². The van der Waals surface area contributed by atoms with Crippen LogP contribution in [0, 0.1) is 28.4 Å². The summed E-state index contributed by atoms with van der Waals surface area (Å²) in [5.74, 6) is -2.53. The molecule has 1 saturated heterocycles. The van der Waals surface area contributed by atoms with Gasteiger partial charge in [0.1, 0.15) is 11.6 Å². The highest BCUT2D eigenvalue weighted by atomic mass is 32.2. The van der Waals surface area contributed by atoms with E-state index in [-0.39, 0.29) is 36.8 Å². The third kappa shape index (κ3) is 3.52. The van der Waals surface area contributed by atoms with Crippen molar-refractivity contribution in [2.45, 2.75) is 31.8 Å². The summed E-state index contributed by atoms with van der Waals surface area (Å²) in [7, 11) is -4.35. The molecule has 1 aromatic carbocycles. The average Bonchev–Trinajstić information content (AvgIpc) is 2.45. The molecule has 8 heteroatoms. The summed E-state index contributed by atoms with van der Waals surface area (Å²) in [6, 6.07) is 3.03. The Morgan fingerprint density at radius 3 is 2.35 bits per heavy atom. The van der Waals surface area contributed by atoms with Gasteiger partial charge in [-0.2, -0.15) is 9.57 Å². The molecule has 1 atom stereocenters. The molecule has 0 bridgehead atoms. The van der Waals surface area contributed by atoms with Gasteiger partial charge in [-0.3, -0.25) is 0 Å². The van der Waals surface area contributed by atoms with Gasteiger partial charge in [0.2, 0.25) is 10.0 Å². The van der Waals surface area contributed by atoms with Gasteiger partial charge in [0.25, 0.3) is 0 Å². The number of ether oxygens (including phenoxy) is 1. The number of rotatable bonds is 2. The van der Waals surface area contributed by atoms with E-state index in [1.165, 1.54) is 0 Å². The van der Waals surface area contributed by atoms with Gasteiger partial charge in [-0.15, -0.1) is 0 Å². The van der Waals surface area contributed by atoms with Crippen LogP contribution in [0.3, 0.4) is 0 Å². The summed E-state index contributed by atoms with van der Waals surface area (Å²) in [5.41, 5.74) is -0.579. The van der Waals surface area contributed by atoms with Gasteiger partial charge in [0.15, 0.2) is 4.90 Å². The predicted octanol–water partition coefficient (Wildman–Crippen LogP) is 2.27. The zero-order chi connectivity index (χ0) is 17.4. The second-order valence-electron chi connectivity index (χ2n) is 6.47. The Balaban J connectivity index is 2.41. The zero-order valence-electron chi connectivity index (χ0n) is 13.1. The summed E-state index contributed by atoms with van der Waals surface area (Å²) in [4.78, 5) is -1.02. The maximum Gasteiger partial charge on any atom is 0.249 e. The van der Waals surface area contributed by atoms with E-state index in [0.29, 0.717) is 0 Å². The summed E-state index contributed by atoms with van der Waals surface area (Å²) in [5, 5.41) is 8.69. The average molecular weight is 344 g/mol. The van der Waals surface area contributed by atoms with Gasteiger partial charge in [0.05, 0.1) is 24.3 Å². The van der Waals surface area contributed by atoms with Crippen molar-refractivity contribution in [2.75, 3.05) is 19.7 Å². The normalized spacial score (nSPS) is 20.3. The van der Waals surface area contributed by atoms with E-state index >= 15 is 0 Å². The van der Waals surface area contributed by atoms with E-state index < -0.39 is 26.6 Å². The van der Waals surface area contributed by atoms with Crippen LogP contribution in [0.4, 0.5) is 8.78 Å². The number of hydrogen-bond donors (Lipinski definition) is 0. The first-order chi connectivity index (χ1) is 10.6. The molecule has 126 valence electrons. The fourth-order valence-corrected chi connectivity index (χ4v) is 3.88. The second kappa shape index (κ2) is 6.15. The van der Waals surface area contributed by atoms with Crippen molar-refractivity contribution in [1.82, 2.24) is 4.31 Å². The molecule has 0 aliphatic carbocycles. The quantitative estimate of drug-likeness (QED) is 0.825. The van der Waals surface area contributed by atoms with Crippen molar-refractivity contribution >= 4 is 10.0 Å². The van der Waals surface area contributed by atoms with Crippen LogP contribution in [-0.4, -0.2) is 38.5 Å². The Hall–Kier alpha value is -1.56. The van der Waals surface area contributed by atoms with Crippen molar-refractivity contribution in [1.29, 1.82) is 5.26 Å². The topological polar surface area (TPSA) is 70.4 Å². The fraction of sp³-hybridized carbons (Fsp3) is 0.533. The lowest BCUT2D eigenvalue weighted by atomic mass is 9.88. The minimum Gasteiger partial charge on any atom is -0.375 e. The first kappa shape index (κ1) is 17.8. The van der Waals surface area contributed by atoms with E-state index in [1.807, 2.05) is 20.8 Å². The standard InChI is InChI=1S/C15H18F2N2O3S/c1-15(2,3)13-9-19(4-5-22-13)23(20,21)14-11(16)6-10(8-18)7-12(14)17/h6-7,13H,4-5,9H2,1-3H3/t13-/m0/s1. The molecule has 2 rings (SSSR count). The third-order valence-corrected chi connectivity index (χ3v) is 5.64. The van der Waals surface area contributed by atoms with Gasteiger partial charge < -0.3 is 4.74 Å². The molecular formula is C15H18F2N2O3S. The number of nitrogens with zero attached hydrogens (tertiary/aromatic N) is 2. The molecule has 0 spiro atoms. The molecular weight excluding hydrogens is 326 g/mol. The monoisotopic (exact) mass is 344 g/mol. The number of benzene rings is 1. The third-order valence-electron chi connectivity index (χ3n) is 3.72. The summed E-state index contributed by atoms with van der Waals surface area (Å²) in [6.45, 7) is 5.89. The molecule has 0 saturated carbocycles.